The molecule has 0 aromatic rings. The lowest BCUT2D eigenvalue weighted by Gasteiger charge is -2.28. The molecular formula is C31H54O5. The van der Waals surface area contributed by atoms with Crippen LogP contribution in [-0.2, 0) is 9.59 Å². The molecule has 0 spiro atoms. The molecule has 0 aliphatic rings. The second-order valence-corrected chi connectivity index (χ2v) is 9.87. The number of aliphatic hydroxyl groups is 3. The van der Waals surface area contributed by atoms with Crippen LogP contribution in [0.4, 0.5) is 0 Å². The third kappa shape index (κ3) is 17.0. The van der Waals surface area contributed by atoms with Crippen LogP contribution in [0.3, 0.4) is 0 Å². The van der Waals surface area contributed by atoms with Crippen LogP contribution < -0.4 is 0 Å². The van der Waals surface area contributed by atoms with Gasteiger partial charge in [0.25, 0.3) is 0 Å². The van der Waals surface area contributed by atoms with E-state index in [0.717, 1.165) is 44.9 Å². The van der Waals surface area contributed by atoms with Gasteiger partial charge in [-0.15, -0.1) is 0 Å². The number of carbonyl (C=O) groups is 2. The maximum absolute atomic E-state index is 12.5. The molecule has 3 N–H and O–H groups in total. The largest absolute Gasteiger partial charge is 0.393 e. The van der Waals surface area contributed by atoms with Gasteiger partial charge in [-0.1, -0.05) is 108 Å². The molecule has 2 unspecified atom stereocenters. The van der Waals surface area contributed by atoms with Crippen LogP contribution in [0.5, 0.6) is 0 Å². The van der Waals surface area contributed by atoms with Crippen LogP contribution >= 0.6 is 0 Å². The van der Waals surface area contributed by atoms with Crippen molar-refractivity contribution in [1.29, 1.82) is 0 Å². The number of hydrogen-bond donors (Lipinski definition) is 3. The summed E-state index contributed by atoms with van der Waals surface area (Å²) in [6, 6.07) is 0. The highest BCUT2D eigenvalue weighted by Crippen LogP contribution is 2.19. The predicted molar refractivity (Wildman–Crippen MR) is 150 cm³/mol. The Bertz CT molecular complexity index is 637. The van der Waals surface area contributed by atoms with Gasteiger partial charge in [-0.3, -0.25) is 9.59 Å². The van der Waals surface area contributed by atoms with Crippen LogP contribution in [0.1, 0.15) is 129 Å². The molecule has 0 fully saturated rings. The molecule has 0 aromatic carbocycles. The molecule has 208 valence electrons. The third-order valence-corrected chi connectivity index (χ3v) is 6.55. The van der Waals surface area contributed by atoms with E-state index in [1.54, 1.807) is 0 Å². The fraction of sp³-hybridized carbons (Fsp3) is 0.742. The summed E-state index contributed by atoms with van der Waals surface area (Å²) < 4.78 is 0. The molecule has 0 saturated heterocycles. The van der Waals surface area contributed by atoms with Crippen molar-refractivity contribution in [2.24, 2.45) is 0 Å². The molecule has 5 nitrogen and oxygen atoms in total. The fourth-order valence-electron chi connectivity index (χ4n) is 4.05. The first-order chi connectivity index (χ1) is 17.4. The first kappa shape index (κ1) is 34.4. The van der Waals surface area contributed by atoms with Gasteiger partial charge < -0.3 is 15.3 Å². The highest BCUT2D eigenvalue weighted by Gasteiger charge is 2.45. The second kappa shape index (κ2) is 23.8. The second-order valence-electron chi connectivity index (χ2n) is 9.87. The summed E-state index contributed by atoms with van der Waals surface area (Å²) in [7, 11) is 0. The summed E-state index contributed by atoms with van der Waals surface area (Å²) in [5, 5.41) is 30.3. The maximum Gasteiger partial charge on any atom is 0.178 e. The highest BCUT2D eigenvalue weighted by molar-refractivity contribution is 5.96. The van der Waals surface area contributed by atoms with Crippen molar-refractivity contribution < 1.29 is 24.9 Å². The molecule has 0 heterocycles. The topological polar surface area (TPSA) is 94.8 Å². The van der Waals surface area contributed by atoms with Crippen molar-refractivity contribution in [3.63, 3.8) is 0 Å². The van der Waals surface area contributed by atoms with Gasteiger partial charge in [-0.2, -0.15) is 0 Å². The lowest BCUT2D eigenvalue weighted by molar-refractivity contribution is -0.165. The number of unbranched alkanes of at least 4 members (excludes halogenated alkanes) is 11. The quantitative estimate of drug-likeness (QED) is 0.0921. The summed E-state index contributed by atoms with van der Waals surface area (Å²) in [5.41, 5.74) is -2.41. The van der Waals surface area contributed by atoms with Crippen LogP contribution in [0.2, 0.25) is 0 Å². The summed E-state index contributed by atoms with van der Waals surface area (Å²) >= 11 is 0. The Balaban J connectivity index is 4.05. The molecule has 36 heavy (non-hydrogen) atoms. The van der Waals surface area contributed by atoms with Gasteiger partial charge in [0, 0.05) is 12.8 Å². The van der Waals surface area contributed by atoms with E-state index in [4.69, 9.17) is 0 Å². The van der Waals surface area contributed by atoms with Gasteiger partial charge in [0.05, 0.1) is 6.61 Å². The number of ketones is 2. The van der Waals surface area contributed by atoms with Crippen molar-refractivity contribution in [1.82, 2.24) is 0 Å². The molecule has 0 aromatic heterocycles. The number of allylic oxidation sites excluding steroid dienone is 6. The monoisotopic (exact) mass is 506 g/mol. The van der Waals surface area contributed by atoms with Crippen molar-refractivity contribution in [2.75, 3.05) is 6.61 Å². The highest BCUT2D eigenvalue weighted by atomic mass is 16.4. The van der Waals surface area contributed by atoms with Crippen LogP contribution in [-0.4, -0.2) is 45.2 Å². The van der Waals surface area contributed by atoms with E-state index < -0.39 is 29.9 Å². The summed E-state index contributed by atoms with van der Waals surface area (Å²) in [6.45, 7) is 3.39. The Morgan fingerprint density at radius 1 is 0.667 bits per heavy atom. The SMILES string of the molecule is CCCCCCCC/C=C/C/C=C/C/C=C/CCCC(=O)C(O)(CO)C(O)C(=O)CCCCCCC. The first-order valence-electron chi connectivity index (χ1n) is 14.5. The third-order valence-electron chi connectivity index (χ3n) is 6.55. The average molecular weight is 507 g/mol. The lowest BCUT2D eigenvalue weighted by atomic mass is 9.86. The molecule has 0 rings (SSSR count). The smallest absolute Gasteiger partial charge is 0.178 e. The number of hydrogen-bond acceptors (Lipinski definition) is 5. The summed E-state index contributed by atoms with van der Waals surface area (Å²) in [5.74, 6) is -1.27. The van der Waals surface area contributed by atoms with E-state index in [2.05, 4.69) is 38.2 Å². The standard InChI is InChI=1S/C31H54O5/c1-3-5-7-9-10-11-12-13-14-15-16-17-18-19-20-22-24-26-29(34)31(36,27-32)30(35)28(33)25-23-21-8-6-4-2/h13-14,16-17,19-20,30,32,35-36H,3-12,15,18,21-27H2,1-2H3/b14-13+,17-16+,20-19+. The normalized spacial score (nSPS) is 14.7. The van der Waals surface area contributed by atoms with E-state index in [9.17, 15) is 24.9 Å². The fourth-order valence-corrected chi connectivity index (χ4v) is 4.05. The Kier molecular flexibility index (Phi) is 22.8. The number of rotatable bonds is 25. The lowest BCUT2D eigenvalue weighted by Crippen LogP contribution is -2.55. The van der Waals surface area contributed by atoms with E-state index >= 15 is 0 Å². The first-order valence-corrected chi connectivity index (χ1v) is 14.5. The molecule has 0 aliphatic heterocycles. The van der Waals surface area contributed by atoms with Gasteiger partial charge in [-0.25, -0.2) is 0 Å². The van der Waals surface area contributed by atoms with Crippen molar-refractivity contribution >= 4 is 11.6 Å². The molecule has 0 bridgehead atoms. The molecule has 0 amide bonds. The Labute approximate surface area is 220 Å². The zero-order valence-electron chi connectivity index (χ0n) is 23.1. The number of carbonyl (C=O) groups excluding carboxylic acids is 2. The average Bonchev–Trinajstić information content (AvgIpc) is 2.89. The van der Waals surface area contributed by atoms with Crippen molar-refractivity contribution in [3.8, 4) is 0 Å². The number of Topliss-reactive ketones (excluding diaryl/α,β-unsaturated/α-hetero) is 2. The Morgan fingerprint density at radius 3 is 1.69 bits per heavy atom. The molecule has 0 aliphatic carbocycles. The summed E-state index contributed by atoms with van der Waals surface area (Å²) in [4.78, 5) is 24.7. The number of aliphatic hydroxyl groups excluding tert-OH is 2. The van der Waals surface area contributed by atoms with E-state index in [1.807, 2.05) is 12.2 Å². The molecular weight excluding hydrogens is 452 g/mol. The minimum atomic E-state index is -2.41. The van der Waals surface area contributed by atoms with E-state index in [-0.39, 0.29) is 12.8 Å². The molecule has 0 radical (unpaired) electrons. The Morgan fingerprint density at radius 2 is 1.14 bits per heavy atom. The minimum Gasteiger partial charge on any atom is -0.393 e. The Hall–Kier alpha value is -1.56. The zero-order valence-corrected chi connectivity index (χ0v) is 23.1. The van der Waals surface area contributed by atoms with Gasteiger partial charge in [-0.05, 0) is 44.9 Å². The van der Waals surface area contributed by atoms with Crippen LogP contribution in [0, 0.1) is 0 Å². The van der Waals surface area contributed by atoms with Crippen LogP contribution in [0.25, 0.3) is 0 Å². The van der Waals surface area contributed by atoms with Gasteiger partial charge in [0.2, 0.25) is 0 Å². The van der Waals surface area contributed by atoms with E-state index in [1.165, 1.54) is 38.5 Å². The molecule has 0 saturated carbocycles. The van der Waals surface area contributed by atoms with Crippen LogP contribution in [0.15, 0.2) is 36.5 Å². The summed E-state index contributed by atoms with van der Waals surface area (Å²) in [6.07, 6.45) is 27.7. The molecule has 2 atom stereocenters. The van der Waals surface area contributed by atoms with Gasteiger partial charge in [0.15, 0.2) is 23.3 Å². The minimum absolute atomic E-state index is 0.00147. The molecule has 5 heteroatoms. The maximum atomic E-state index is 12.5. The zero-order chi connectivity index (χ0) is 26.9. The van der Waals surface area contributed by atoms with Gasteiger partial charge in [0.1, 0.15) is 0 Å². The van der Waals surface area contributed by atoms with Crippen molar-refractivity contribution in [2.45, 2.75) is 141 Å². The van der Waals surface area contributed by atoms with Gasteiger partial charge >= 0.3 is 0 Å². The van der Waals surface area contributed by atoms with E-state index in [0.29, 0.717) is 19.3 Å². The van der Waals surface area contributed by atoms with Crippen molar-refractivity contribution in [3.05, 3.63) is 36.5 Å². The predicted octanol–water partition coefficient (Wildman–Crippen LogP) is 6.94.